The highest BCUT2D eigenvalue weighted by Gasteiger charge is 2.16. The molecule has 2 rings (SSSR count). The lowest BCUT2D eigenvalue weighted by molar-refractivity contribution is 0.0514. The maximum atomic E-state index is 12.2. The first-order chi connectivity index (χ1) is 9.67. The molecule has 0 bridgehead atoms. The van der Waals surface area contributed by atoms with E-state index in [4.69, 9.17) is 9.26 Å². The average molecular weight is 274 g/mol. The number of carbonyl (C=O) groups excluding carboxylic acids is 1. The Morgan fingerprint density at radius 2 is 2.15 bits per heavy atom. The van der Waals surface area contributed by atoms with Crippen molar-refractivity contribution in [1.82, 2.24) is 5.16 Å². The van der Waals surface area contributed by atoms with Gasteiger partial charge in [-0.1, -0.05) is 17.3 Å². The molecular formula is C14H14N2O4. The van der Waals surface area contributed by atoms with Gasteiger partial charge in [0.1, 0.15) is 0 Å². The van der Waals surface area contributed by atoms with E-state index in [2.05, 4.69) is 10.5 Å². The lowest BCUT2D eigenvalue weighted by Crippen LogP contribution is -2.07. The molecule has 0 aliphatic carbocycles. The van der Waals surface area contributed by atoms with E-state index in [9.17, 15) is 9.59 Å². The molecule has 20 heavy (non-hydrogen) atoms. The second kappa shape index (κ2) is 6.01. The van der Waals surface area contributed by atoms with Gasteiger partial charge in [-0.25, -0.2) is 4.79 Å². The zero-order chi connectivity index (χ0) is 14.5. The van der Waals surface area contributed by atoms with Crippen molar-refractivity contribution in [2.75, 3.05) is 19.0 Å². The molecule has 0 saturated heterocycles. The molecule has 0 saturated carbocycles. The van der Waals surface area contributed by atoms with E-state index in [1.54, 1.807) is 38.2 Å². The number of esters is 1. The van der Waals surface area contributed by atoms with Gasteiger partial charge in [-0.05, 0) is 19.1 Å². The minimum Gasteiger partial charge on any atom is -0.461 e. The largest absolute Gasteiger partial charge is 0.461 e. The molecule has 104 valence electrons. The van der Waals surface area contributed by atoms with Gasteiger partial charge in [0.2, 0.25) is 5.43 Å². The molecule has 2 aromatic rings. The van der Waals surface area contributed by atoms with E-state index in [-0.39, 0.29) is 23.5 Å². The van der Waals surface area contributed by atoms with Crippen LogP contribution in [0.15, 0.2) is 39.6 Å². The molecule has 6 nitrogen and oxygen atoms in total. The van der Waals surface area contributed by atoms with Crippen LogP contribution in [0.25, 0.3) is 11.3 Å². The molecule has 1 heterocycles. The van der Waals surface area contributed by atoms with Crippen LogP contribution in [-0.2, 0) is 4.74 Å². The van der Waals surface area contributed by atoms with Crippen LogP contribution in [0.5, 0.6) is 0 Å². The SMILES string of the molecule is CCOC(=O)c1cc(-c2ccccc(NC)c2=O)on1. The highest BCUT2D eigenvalue weighted by Crippen LogP contribution is 2.18. The Kier molecular flexibility index (Phi) is 4.14. The Balaban J connectivity index is 2.46. The van der Waals surface area contributed by atoms with Gasteiger partial charge in [0.15, 0.2) is 11.5 Å². The number of hydrogen-bond acceptors (Lipinski definition) is 6. The van der Waals surface area contributed by atoms with E-state index in [0.29, 0.717) is 11.3 Å². The van der Waals surface area contributed by atoms with Crippen LogP contribution < -0.4 is 10.7 Å². The summed E-state index contributed by atoms with van der Waals surface area (Å²) in [7, 11) is 1.66. The van der Waals surface area contributed by atoms with Crippen molar-refractivity contribution >= 4 is 11.7 Å². The molecule has 0 unspecified atom stereocenters. The Labute approximate surface area is 115 Å². The third-order valence-electron chi connectivity index (χ3n) is 2.66. The van der Waals surface area contributed by atoms with Gasteiger partial charge in [0.25, 0.3) is 0 Å². The molecule has 1 aromatic heterocycles. The molecule has 0 aliphatic heterocycles. The minimum atomic E-state index is -0.580. The van der Waals surface area contributed by atoms with E-state index >= 15 is 0 Å². The number of carbonyl (C=O) groups is 1. The minimum absolute atomic E-state index is 0.0405. The van der Waals surface area contributed by atoms with Crippen LogP contribution in [-0.4, -0.2) is 24.8 Å². The van der Waals surface area contributed by atoms with Gasteiger partial charge >= 0.3 is 5.97 Å². The van der Waals surface area contributed by atoms with Crippen LogP contribution in [0.4, 0.5) is 5.69 Å². The van der Waals surface area contributed by atoms with Gasteiger partial charge < -0.3 is 14.6 Å². The molecule has 0 atom stereocenters. The predicted molar refractivity (Wildman–Crippen MR) is 73.7 cm³/mol. The Hall–Kier alpha value is -2.63. The van der Waals surface area contributed by atoms with E-state index in [0.717, 1.165) is 0 Å². The molecule has 1 N–H and O–H groups in total. The molecule has 0 spiro atoms. The summed E-state index contributed by atoms with van der Waals surface area (Å²) in [6.45, 7) is 1.95. The zero-order valence-electron chi connectivity index (χ0n) is 11.2. The Bertz CT molecular complexity index is 679. The van der Waals surface area contributed by atoms with Crippen LogP contribution >= 0.6 is 0 Å². The number of nitrogens with zero attached hydrogens (tertiary/aromatic N) is 1. The summed E-state index contributed by atoms with van der Waals surface area (Å²) >= 11 is 0. The van der Waals surface area contributed by atoms with Crippen molar-refractivity contribution in [3.63, 3.8) is 0 Å². The summed E-state index contributed by atoms with van der Waals surface area (Å²) in [5, 5.41) is 6.43. The lowest BCUT2D eigenvalue weighted by Gasteiger charge is -1.95. The summed E-state index contributed by atoms with van der Waals surface area (Å²) in [4.78, 5) is 23.8. The fraction of sp³-hybridized carbons (Fsp3) is 0.214. The van der Waals surface area contributed by atoms with Crippen LogP contribution in [0, 0.1) is 0 Å². The third-order valence-corrected chi connectivity index (χ3v) is 2.66. The van der Waals surface area contributed by atoms with Gasteiger partial charge in [-0.3, -0.25) is 4.79 Å². The highest BCUT2D eigenvalue weighted by molar-refractivity contribution is 5.88. The topological polar surface area (TPSA) is 81.4 Å². The average Bonchev–Trinajstić information content (AvgIpc) is 2.85. The van der Waals surface area contributed by atoms with Gasteiger partial charge in [-0.2, -0.15) is 0 Å². The smallest absolute Gasteiger partial charge is 0.360 e. The second-order valence-corrected chi connectivity index (χ2v) is 3.92. The zero-order valence-corrected chi connectivity index (χ0v) is 11.2. The first kappa shape index (κ1) is 13.8. The molecule has 0 amide bonds. The Morgan fingerprint density at radius 3 is 2.85 bits per heavy atom. The third kappa shape index (κ3) is 2.69. The van der Waals surface area contributed by atoms with E-state index in [1.165, 1.54) is 6.07 Å². The highest BCUT2D eigenvalue weighted by atomic mass is 16.5. The van der Waals surface area contributed by atoms with Crippen LogP contribution in [0.2, 0.25) is 0 Å². The summed E-state index contributed by atoms with van der Waals surface area (Å²) < 4.78 is 9.88. The molecule has 0 radical (unpaired) electrons. The summed E-state index contributed by atoms with van der Waals surface area (Å²) in [6, 6.07) is 8.12. The second-order valence-electron chi connectivity index (χ2n) is 3.92. The molecular weight excluding hydrogens is 260 g/mol. The van der Waals surface area contributed by atoms with Gasteiger partial charge in [0.05, 0.1) is 17.9 Å². The number of aromatic nitrogens is 1. The lowest BCUT2D eigenvalue weighted by atomic mass is 10.2. The fourth-order valence-electron chi connectivity index (χ4n) is 1.69. The number of anilines is 1. The van der Waals surface area contributed by atoms with Crippen molar-refractivity contribution in [2.45, 2.75) is 6.92 Å². The summed E-state index contributed by atoms with van der Waals surface area (Å²) in [5.74, 6) is -0.352. The maximum Gasteiger partial charge on any atom is 0.360 e. The standard InChI is InChI=1S/C14H14N2O4/c1-3-19-14(18)11-8-12(20-16-11)9-6-4-5-7-10(15-2)13(9)17/h4-8H,3H2,1-2H3,(H,15,17). The fourth-order valence-corrected chi connectivity index (χ4v) is 1.69. The Morgan fingerprint density at radius 1 is 1.40 bits per heavy atom. The van der Waals surface area contributed by atoms with Crippen molar-refractivity contribution in [2.24, 2.45) is 0 Å². The summed E-state index contributed by atoms with van der Waals surface area (Å²) in [6.07, 6.45) is 0. The number of hydrogen-bond donors (Lipinski definition) is 1. The molecule has 6 heteroatoms. The molecule has 0 aliphatic rings. The van der Waals surface area contributed by atoms with Crippen molar-refractivity contribution < 1.29 is 14.1 Å². The van der Waals surface area contributed by atoms with Gasteiger partial charge in [-0.15, -0.1) is 0 Å². The molecule has 1 aromatic carbocycles. The van der Waals surface area contributed by atoms with Crippen molar-refractivity contribution in [1.29, 1.82) is 0 Å². The first-order valence-corrected chi connectivity index (χ1v) is 6.12. The molecule has 0 fully saturated rings. The normalized spacial score (nSPS) is 10.1. The first-order valence-electron chi connectivity index (χ1n) is 6.12. The van der Waals surface area contributed by atoms with Gasteiger partial charge in [0, 0.05) is 13.1 Å². The van der Waals surface area contributed by atoms with Crippen molar-refractivity contribution in [3.8, 4) is 11.3 Å². The predicted octanol–water partition coefficient (Wildman–Crippen LogP) is 1.92. The van der Waals surface area contributed by atoms with Crippen LogP contribution in [0.1, 0.15) is 17.4 Å². The van der Waals surface area contributed by atoms with E-state index < -0.39 is 5.97 Å². The number of nitrogens with one attached hydrogen (secondary N) is 1. The van der Waals surface area contributed by atoms with E-state index in [1.807, 2.05) is 0 Å². The monoisotopic (exact) mass is 274 g/mol. The van der Waals surface area contributed by atoms with Crippen molar-refractivity contribution in [3.05, 3.63) is 46.2 Å². The number of ether oxygens (including phenoxy) is 1. The number of rotatable bonds is 4. The summed E-state index contributed by atoms with van der Waals surface area (Å²) in [5.41, 5.74) is 0.560. The maximum absolute atomic E-state index is 12.2. The quantitative estimate of drug-likeness (QED) is 0.858. The van der Waals surface area contributed by atoms with Crippen LogP contribution in [0.3, 0.4) is 0 Å².